The fourth-order valence-electron chi connectivity index (χ4n) is 1.36. The SMILES string of the molecule is Cc1ccc(OSc2cccc(C)c2)cc1. The Hall–Kier alpha value is -1.41. The molecule has 2 rings (SSSR count). The Morgan fingerprint density at radius 1 is 0.875 bits per heavy atom. The van der Waals surface area contributed by atoms with Crippen LogP contribution in [0, 0.1) is 13.8 Å². The molecule has 0 bridgehead atoms. The molecule has 0 aromatic heterocycles. The van der Waals surface area contributed by atoms with Crippen molar-refractivity contribution >= 4 is 12.0 Å². The van der Waals surface area contributed by atoms with Crippen molar-refractivity contribution in [2.45, 2.75) is 18.7 Å². The summed E-state index contributed by atoms with van der Waals surface area (Å²) < 4.78 is 5.62. The summed E-state index contributed by atoms with van der Waals surface area (Å²) in [6.45, 7) is 4.15. The van der Waals surface area contributed by atoms with Crippen molar-refractivity contribution in [3.05, 3.63) is 59.7 Å². The molecule has 0 aliphatic heterocycles. The van der Waals surface area contributed by atoms with Crippen LogP contribution in [0.1, 0.15) is 11.1 Å². The average Bonchev–Trinajstić information content (AvgIpc) is 2.28. The van der Waals surface area contributed by atoms with E-state index >= 15 is 0 Å². The van der Waals surface area contributed by atoms with E-state index in [1.165, 1.54) is 23.2 Å². The molecular formula is C14H14OS. The fraction of sp³-hybridized carbons (Fsp3) is 0.143. The van der Waals surface area contributed by atoms with E-state index in [1.54, 1.807) is 0 Å². The normalized spacial score (nSPS) is 10.1. The van der Waals surface area contributed by atoms with Crippen LogP contribution in [0.3, 0.4) is 0 Å². The molecular weight excluding hydrogens is 216 g/mol. The molecule has 0 spiro atoms. The van der Waals surface area contributed by atoms with Gasteiger partial charge in [0.15, 0.2) is 0 Å². The van der Waals surface area contributed by atoms with Crippen molar-refractivity contribution in [2.24, 2.45) is 0 Å². The molecule has 0 saturated carbocycles. The van der Waals surface area contributed by atoms with Gasteiger partial charge in [-0.3, -0.25) is 0 Å². The highest BCUT2D eigenvalue weighted by Gasteiger charge is 1.97. The molecule has 0 heterocycles. The first kappa shape index (κ1) is 11.1. The van der Waals surface area contributed by atoms with Gasteiger partial charge in [-0.15, -0.1) is 0 Å². The molecule has 1 nitrogen and oxygen atoms in total. The Kier molecular flexibility index (Phi) is 3.52. The monoisotopic (exact) mass is 230 g/mol. The lowest BCUT2D eigenvalue weighted by Gasteiger charge is -2.04. The lowest BCUT2D eigenvalue weighted by molar-refractivity contribution is 0.646. The third-order valence-electron chi connectivity index (χ3n) is 2.24. The van der Waals surface area contributed by atoms with Gasteiger partial charge in [0, 0.05) is 4.90 Å². The van der Waals surface area contributed by atoms with Gasteiger partial charge in [-0.25, -0.2) is 0 Å². The Labute approximate surface area is 101 Å². The molecule has 0 N–H and O–H groups in total. The number of benzene rings is 2. The minimum absolute atomic E-state index is 0.886. The van der Waals surface area contributed by atoms with Gasteiger partial charge in [0.1, 0.15) is 5.75 Å². The molecule has 0 aliphatic rings. The molecule has 2 aromatic carbocycles. The zero-order valence-corrected chi connectivity index (χ0v) is 10.3. The van der Waals surface area contributed by atoms with Gasteiger partial charge >= 0.3 is 0 Å². The van der Waals surface area contributed by atoms with Crippen LogP contribution in [0.5, 0.6) is 5.75 Å². The van der Waals surface area contributed by atoms with Crippen LogP contribution in [0.15, 0.2) is 53.4 Å². The van der Waals surface area contributed by atoms with Gasteiger partial charge in [0.2, 0.25) is 0 Å². The third kappa shape index (κ3) is 3.04. The number of hydrogen-bond acceptors (Lipinski definition) is 2. The van der Waals surface area contributed by atoms with E-state index in [-0.39, 0.29) is 0 Å². The van der Waals surface area contributed by atoms with Gasteiger partial charge in [-0.05, 0) is 43.7 Å². The van der Waals surface area contributed by atoms with Crippen LogP contribution in [-0.2, 0) is 0 Å². The maximum Gasteiger partial charge on any atom is 0.137 e. The molecule has 0 fully saturated rings. The molecule has 0 amide bonds. The van der Waals surface area contributed by atoms with Crippen LogP contribution in [-0.4, -0.2) is 0 Å². The highest BCUT2D eigenvalue weighted by atomic mass is 32.2. The molecule has 0 saturated heterocycles. The topological polar surface area (TPSA) is 9.23 Å². The van der Waals surface area contributed by atoms with E-state index in [1.807, 2.05) is 36.4 Å². The quantitative estimate of drug-likeness (QED) is 0.723. The maximum absolute atomic E-state index is 5.62. The van der Waals surface area contributed by atoms with Gasteiger partial charge in [-0.1, -0.05) is 29.8 Å². The minimum atomic E-state index is 0.886. The summed E-state index contributed by atoms with van der Waals surface area (Å²) in [5, 5.41) is 0. The number of rotatable bonds is 3. The molecule has 2 heteroatoms. The Morgan fingerprint density at radius 3 is 2.31 bits per heavy atom. The van der Waals surface area contributed by atoms with E-state index in [2.05, 4.69) is 26.0 Å². The van der Waals surface area contributed by atoms with Crippen molar-refractivity contribution in [1.82, 2.24) is 0 Å². The van der Waals surface area contributed by atoms with Crippen molar-refractivity contribution in [2.75, 3.05) is 0 Å². The van der Waals surface area contributed by atoms with E-state index < -0.39 is 0 Å². The van der Waals surface area contributed by atoms with Crippen molar-refractivity contribution < 1.29 is 4.18 Å². The summed E-state index contributed by atoms with van der Waals surface area (Å²) in [7, 11) is 0. The predicted molar refractivity (Wildman–Crippen MR) is 68.8 cm³/mol. The Balaban J connectivity index is 1.99. The van der Waals surface area contributed by atoms with Gasteiger partial charge in [-0.2, -0.15) is 0 Å². The van der Waals surface area contributed by atoms with E-state index in [4.69, 9.17) is 4.18 Å². The van der Waals surface area contributed by atoms with Gasteiger partial charge in [0.05, 0.1) is 12.0 Å². The number of aryl methyl sites for hydroxylation is 2. The zero-order chi connectivity index (χ0) is 11.4. The highest BCUT2D eigenvalue weighted by molar-refractivity contribution is 7.95. The van der Waals surface area contributed by atoms with Crippen LogP contribution >= 0.6 is 12.0 Å². The summed E-state index contributed by atoms with van der Waals surface area (Å²) >= 11 is 1.39. The molecule has 0 radical (unpaired) electrons. The Bertz CT molecular complexity index is 462. The van der Waals surface area contributed by atoms with Crippen LogP contribution < -0.4 is 4.18 Å². The molecule has 2 aromatic rings. The molecule has 16 heavy (non-hydrogen) atoms. The highest BCUT2D eigenvalue weighted by Crippen LogP contribution is 2.24. The van der Waals surface area contributed by atoms with Gasteiger partial charge in [0.25, 0.3) is 0 Å². The first-order valence-corrected chi connectivity index (χ1v) is 5.96. The van der Waals surface area contributed by atoms with Crippen molar-refractivity contribution in [3.63, 3.8) is 0 Å². The summed E-state index contributed by atoms with van der Waals surface area (Å²) in [4.78, 5) is 1.13. The minimum Gasteiger partial charge on any atom is -0.421 e. The average molecular weight is 230 g/mol. The van der Waals surface area contributed by atoms with Crippen molar-refractivity contribution in [1.29, 1.82) is 0 Å². The summed E-state index contributed by atoms with van der Waals surface area (Å²) in [6.07, 6.45) is 0. The predicted octanol–water partition coefficient (Wildman–Crippen LogP) is 4.39. The molecule has 82 valence electrons. The van der Waals surface area contributed by atoms with Crippen LogP contribution in [0.2, 0.25) is 0 Å². The largest absolute Gasteiger partial charge is 0.421 e. The molecule has 0 aliphatic carbocycles. The van der Waals surface area contributed by atoms with Crippen molar-refractivity contribution in [3.8, 4) is 5.75 Å². The molecule has 0 unspecified atom stereocenters. The molecule has 0 atom stereocenters. The standard InChI is InChI=1S/C14H14OS/c1-11-6-8-13(9-7-11)15-16-14-5-3-4-12(2)10-14/h3-10H,1-2H3. The second-order valence-electron chi connectivity index (χ2n) is 3.80. The third-order valence-corrected chi connectivity index (χ3v) is 2.97. The first-order valence-electron chi connectivity index (χ1n) is 5.22. The summed E-state index contributed by atoms with van der Waals surface area (Å²) in [6, 6.07) is 16.3. The lowest BCUT2D eigenvalue weighted by Crippen LogP contribution is -1.82. The number of hydrogen-bond donors (Lipinski definition) is 0. The Morgan fingerprint density at radius 2 is 1.62 bits per heavy atom. The summed E-state index contributed by atoms with van der Waals surface area (Å²) in [5.74, 6) is 0.886. The van der Waals surface area contributed by atoms with E-state index in [0.717, 1.165) is 10.6 Å². The maximum atomic E-state index is 5.62. The smallest absolute Gasteiger partial charge is 0.137 e. The summed E-state index contributed by atoms with van der Waals surface area (Å²) in [5.41, 5.74) is 2.49. The van der Waals surface area contributed by atoms with E-state index in [0.29, 0.717) is 0 Å². The fourth-order valence-corrected chi connectivity index (χ4v) is 2.03. The zero-order valence-electron chi connectivity index (χ0n) is 9.44. The van der Waals surface area contributed by atoms with E-state index in [9.17, 15) is 0 Å². The van der Waals surface area contributed by atoms with Crippen LogP contribution in [0.4, 0.5) is 0 Å². The first-order chi connectivity index (χ1) is 7.74. The second kappa shape index (κ2) is 5.08. The lowest BCUT2D eigenvalue weighted by atomic mass is 10.2. The second-order valence-corrected chi connectivity index (χ2v) is 4.60. The van der Waals surface area contributed by atoms with Crippen LogP contribution in [0.25, 0.3) is 0 Å². The van der Waals surface area contributed by atoms with Gasteiger partial charge < -0.3 is 4.18 Å².